The van der Waals surface area contributed by atoms with Crippen LogP contribution in [0.25, 0.3) is 0 Å². The number of nitrogens with zero attached hydrogens (tertiary/aromatic N) is 2. The van der Waals surface area contributed by atoms with Gasteiger partial charge in [-0.1, -0.05) is 5.16 Å². The predicted molar refractivity (Wildman–Crippen MR) is 73.2 cm³/mol. The topological polar surface area (TPSA) is 127 Å². The van der Waals surface area contributed by atoms with Crippen molar-refractivity contribution in [2.24, 2.45) is 0 Å². The van der Waals surface area contributed by atoms with Crippen LogP contribution >= 0.6 is 0 Å². The van der Waals surface area contributed by atoms with Gasteiger partial charge in [-0.05, 0) is 12.1 Å². The number of benzene rings is 1. The predicted octanol–water partition coefficient (Wildman–Crippen LogP) is 1.10. The highest BCUT2D eigenvalue weighted by molar-refractivity contribution is 7.89. The fourth-order valence-corrected chi connectivity index (χ4v) is 2.64. The maximum absolute atomic E-state index is 12.1. The van der Waals surface area contributed by atoms with Gasteiger partial charge in [-0.3, -0.25) is 10.1 Å². The van der Waals surface area contributed by atoms with Gasteiger partial charge in [0.1, 0.15) is 12.0 Å². The lowest BCUT2D eigenvalue weighted by Crippen LogP contribution is -2.23. The van der Waals surface area contributed by atoms with Crippen molar-refractivity contribution < 1.29 is 17.9 Å². The third kappa shape index (κ3) is 3.35. The van der Waals surface area contributed by atoms with Crippen molar-refractivity contribution >= 4 is 21.4 Å². The molecule has 0 fully saturated rings. The Morgan fingerprint density at radius 3 is 2.71 bits per heavy atom. The molecule has 2 aromatic rings. The van der Waals surface area contributed by atoms with Gasteiger partial charge in [-0.2, -0.15) is 0 Å². The Hall–Kier alpha value is -2.46. The first-order valence-electron chi connectivity index (χ1n) is 5.79. The number of nitro benzene ring substituents is 1. The third-order valence-electron chi connectivity index (χ3n) is 2.68. The summed E-state index contributed by atoms with van der Waals surface area (Å²) in [7, 11) is -2.37. The molecule has 0 radical (unpaired) electrons. The monoisotopic (exact) mass is 312 g/mol. The minimum Gasteiger partial charge on any atom is -0.383 e. The van der Waals surface area contributed by atoms with Crippen molar-refractivity contribution in [2.75, 3.05) is 12.4 Å². The Morgan fingerprint density at radius 1 is 1.38 bits per heavy atom. The van der Waals surface area contributed by atoms with Gasteiger partial charge in [0, 0.05) is 19.2 Å². The van der Waals surface area contributed by atoms with E-state index >= 15 is 0 Å². The average molecular weight is 312 g/mol. The molecular weight excluding hydrogens is 300 g/mol. The van der Waals surface area contributed by atoms with Crippen LogP contribution < -0.4 is 10.0 Å². The van der Waals surface area contributed by atoms with Crippen LogP contribution in [0.2, 0.25) is 0 Å². The SMILES string of the molecule is CNc1ccc(S(=O)(=O)NCc2ccon2)cc1[N+](=O)[O-]. The lowest BCUT2D eigenvalue weighted by molar-refractivity contribution is -0.384. The molecule has 0 atom stereocenters. The summed E-state index contributed by atoms with van der Waals surface area (Å²) in [6.45, 7) is -0.0690. The van der Waals surface area contributed by atoms with Gasteiger partial charge >= 0.3 is 0 Å². The van der Waals surface area contributed by atoms with E-state index in [0.29, 0.717) is 5.69 Å². The summed E-state index contributed by atoms with van der Waals surface area (Å²) >= 11 is 0. The Kier molecular flexibility index (Phi) is 4.19. The smallest absolute Gasteiger partial charge is 0.293 e. The number of rotatable bonds is 6. The molecule has 2 N–H and O–H groups in total. The molecule has 0 saturated heterocycles. The van der Waals surface area contributed by atoms with Gasteiger partial charge in [0.05, 0.1) is 22.1 Å². The van der Waals surface area contributed by atoms with Gasteiger partial charge in [0.15, 0.2) is 0 Å². The average Bonchev–Trinajstić information content (AvgIpc) is 2.97. The van der Waals surface area contributed by atoms with Gasteiger partial charge in [0.25, 0.3) is 5.69 Å². The first-order chi connectivity index (χ1) is 9.94. The number of sulfonamides is 1. The highest BCUT2D eigenvalue weighted by Crippen LogP contribution is 2.27. The second-order valence-corrected chi connectivity index (χ2v) is 5.77. The zero-order chi connectivity index (χ0) is 15.5. The fourth-order valence-electron chi connectivity index (χ4n) is 1.62. The second kappa shape index (κ2) is 5.89. The number of hydrogen-bond acceptors (Lipinski definition) is 7. The van der Waals surface area contributed by atoms with Gasteiger partial charge in [-0.15, -0.1) is 0 Å². The standard InChI is InChI=1S/C11H12N4O5S/c1-12-10-3-2-9(6-11(10)15(16)17)21(18,19)13-7-8-4-5-20-14-8/h2-6,12-13H,7H2,1H3. The van der Waals surface area contributed by atoms with Crippen LogP contribution in [0, 0.1) is 10.1 Å². The molecule has 1 aromatic carbocycles. The van der Waals surface area contributed by atoms with Crippen LogP contribution in [-0.4, -0.2) is 25.5 Å². The first-order valence-corrected chi connectivity index (χ1v) is 7.27. The van der Waals surface area contributed by atoms with Crippen molar-refractivity contribution in [3.05, 3.63) is 46.3 Å². The van der Waals surface area contributed by atoms with Crippen LogP contribution in [0.5, 0.6) is 0 Å². The van der Waals surface area contributed by atoms with E-state index < -0.39 is 14.9 Å². The zero-order valence-corrected chi connectivity index (χ0v) is 11.8. The van der Waals surface area contributed by atoms with Crippen LogP contribution in [0.15, 0.2) is 39.9 Å². The molecule has 0 unspecified atom stereocenters. The molecule has 10 heteroatoms. The maximum atomic E-state index is 12.1. The molecule has 0 aliphatic carbocycles. The Morgan fingerprint density at radius 2 is 2.14 bits per heavy atom. The fraction of sp³-hybridized carbons (Fsp3) is 0.182. The number of aromatic nitrogens is 1. The third-order valence-corrected chi connectivity index (χ3v) is 4.08. The summed E-state index contributed by atoms with van der Waals surface area (Å²) in [4.78, 5) is 10.1. The highest BCUT2D eigenvalue weighted by atomic mass is 32.2. The first kappa shape index (κ1) is 14.9. The van der Waals surface area contributed by atoms with E-state index in [9.17, 15) is 18.5 Å². The van der Waals surface area contributed by atoms with Crippen molar-refractivity contribution in [3.63, 3.8) is 0 Å². The molecule has 0 spiro atoms. The largest absolute Gasteiger partial charge is 0.383 e. The number of hydrogen-bond donors (Lipinski definition) is 2. The van der Waals surface area contributed by atoms with E-state index in [-0.39, 0.29) is 22.8 Å². The molecule has 0 aliphatic rings. The van der Waals surface area contributed by atoms with Gasteiger partial charge in [0.2, 0.25) is 10.0 Å². The molecule has 0 saturated carbocycles. The second-order valence-electron chi connectivity index (χ2n) is 4.00. The minimum atomic E-state index is -3.88. The van der Waals surface area contributed by atoms with Crippen LogP contribution in [0.3, 0.4) is 0 Å². The van der Waals surface area contributed by atoms with E-state index in [2.05, 4.69) is 19.7 Å². The summed E-state index contributed by atoms with van der Waals surface area (Å²) in [5.41, 5.74) is 0.317. The molecule has 0 bridgehead atoms. The zero-order valence-electron chi connectivity index (χ0n) is 10.9. The van der Waals surface area contributed by atoms with Gasteiger partial charge in [-0.25, -0.2) is 13.1 Å². The molecular formula is C11H12N4O5S. The molecule has 0 aliphatic heterocycles. The summed E-state index contributed by atoms with van der Waals surface area (Å²) < 4.78 is 31.1. The molecule has 112 valence electrons. The van der Waals surface area contributed by atoms with Crippen LogP contribution in [0.1, 0.15) is 5.69 Å². The lowest BCUT2D eigenvalue weighted by Gasteiger charge is -2.07. The van der Waals surface area contributed by atoms with Crippen molar-refractivity contribution in [1.29, 1.82) is 0 Å². The molecule has 2 rings (SSSR count). The quantitative estimate of drug-likeness (QED) is 0.604. The van der Waals surface area contributed by atoms with Crippen LogP contribution in [0.4, 0.5) is 11.4 Å². The molecule has 9 nitrogen and oxygen atoms in total. The normalized spacial score (nSPS) is 11.3. The lowest BCUT2D eigenvalue weighted by atomic mass is 10.3. The Labute approximate surface area is 120 Å². The van der Waals surface area contributed by atoms with E-state index in [1.54, 1.807) is 0 Å². The molecule has 1 heterocycles. The molecule has 21 heavy (non-hydrogen) atoms. The van der Waals surface area contributed by atoms with Crippen molar-refractivity contribution in [2.45, 2.75) is 11.4 Å². The summed E-state index contributed by atoms with van der Waals surface area (Å²) in [5.74, 6) is 0. The minimum absolute atomic E-state index is 0.0690. The summed E-state index contributed by atoms with van der Waals surface area (Å²) in [6, 6.07) is 5.12. The Balaban J connectivity index is 2.27. The van der Waals surface area contributed by atoms with Crippen molar-refractivity contribution in [1.82, 2.24) is 9.88 Å². The molecule has 1 aromatic heterocycles. The molecule has 0 amide bonds. The number of anilines is 1. The van der Waals surface area contributed by atoms with E-state index in [0.717, 1.165) is 6.07 Å². The van der Waals surface area contributed by atoms with Crippen LogP contribution in [-0.2, 0) is 16.6 Å². The van der Waals surface area contributed by atoms with E-state index in [1.807, 2.05) is 0 Å². The number of nitrogens with one attached hydrogen (secondary N) is 2. The Bertz CT molecular complexity index is 742. The van der Waals surface area contributed by atoms with E-state index in [1.165, 1.54) is 31.5 Å². The maximum Gasteiger partial charge on any atom is 0.293 e. The van der Waals surface area contributed by atoms with E-state index in [4.69, 9.17) is 0 Å². The summed E-state index contributed by atoms with van der Waals surface area (Å²) in [5, 5.41) is 17.1. The number of nitro groups is 1. The highest BCUT2D eigenvalue weighted by Gasteiger charge is 2.21. The van der Waals surface area contributed by atoms with Gasteiger partial charge < -0.3 is 9.84 Å². The van der Waals surface area contributed by atoms with Crippen molar-refractivity contribution in [3.8, 4) is 0 Å². The summed E-state index contributed by atoms with van der Waals surface area (Å²) in [6.07, 6.45) is 1.32.